The highest BCUT2D eigenvalue weighted by atomic mass is 16.5. The summed E-state index contributed by atoms with van der Waals surface area (Å²) in [6, 6.07) is 8.24. The maximum absolute atomic E-state index is 12.1. The highest BCUT2D eigenvalue weighted by molar-refractivity contribution is 6.02. The number of rotatable bonds is 5. The maximum Gasteiger partial charge on any atom is 0.343 e. The van der Waals surface area contributed by atoms with Gasteiger partial charge in [-0.15, -0.1) is 0 Å². The van der Waals surface area contributed by atoms with Crippen molar-refractivity contribution in [3.05, 3.63) is 64.7 Å². The third-order valence-corrected chi connectivity index (χ3v) is 3.02. The van der Waals surface area contributed by atoms with Crippen molar-refractivity contribution in [2.45, 2.75) is 0 Å². The van der Waals surface area contributed by atoms with Gasteiger partial charge in [0.05, 0.1) is 11.1 Å². The lowest BCUT2D eigenvalue weighted by molar-refractivity contribution is 0.0665. The summed E-state index contributed by atoms with van der Waals surface area (Å²) in [6.07, 6.45) is 0. The summed E-state index contributed by atoms with van der Waals surface area (Å²) >= 11 is 0. The van der Waals surface area contributed by atoms with Crippen LogP contribution < -0.4 is 4.74 Å². The predicted octanol–water partition coefficient (Wildman–Crippen LogP) is 2.00. The quantitative estimate of drug-likeness (QED) is 0.559. The summed E-state index contributed by atoms with van der Waals surface area (Å²) < 4.78 is 4.93. The van der Waals surface area contributed by atoms with Crippen molar-refractivity contribution in [3.63, 3.8) is 0 Å². The van der Waals surface area contributed by atoms with Crippen LogP contribution in [0.5, 0.6) is 5.75 Å². The molecule has 0 saturated carbocycles. The molecule has 0 bridgehead atoms. The molecule has 3 N–H and O–H groups in total. The lowest BCUT2D eigenvalue weighted by atomic mass is 10.1. The van der Waals surface area contributed by atoms with E-state index in [0.29, 0.717) is 0 Å². The van der Waals surface area contributed by atoms with E-state index in [4.69, 9.17) is 20.1 Å². The van der Waals surface area contributed by atoms with Crippen LogP contribution in [0, 0.1) is 0 Å². The van der Waals surface area contributed by atoms with Gasteiger partial charge in [0, 0.05) is 0 Å². The molecule has 0 radical (unpaired) electrons. The van der Waals surface area contributed by atoms with Crippen molar-refractivity contribution in [1.29, 1.82) is 0 Å². The van der Waals surface area contributed by atoms with Gasteiger partial charge in [-0.2, -0.15) is 0 Å². The Morgan fingerprint density at radius 3 is 1.71 bits per heavy atom. The Balaban J connectivity index is 2.45. The summed E-state index contributed by atoms with van der Waals surface area (Å²) in [5.74, 6) is -5.90. The van der Waals surface area contributed by atoms with Crippen molar-refractivity contribution in [2.75, 3.05) is 0 Å². The zero-order chi connectivity index (χ0) is 17.9. The van der Waals surface area contributed by atoms with Gasteiger partial charge < -0.3 is 20.1 Å². The summed E-state index contributed by atoms with van der Waals surface area (Å²) in [5.41, 5.74) is -1.34. The second-order valence-corrected chi connectivity index (χ2v) is 4.57. The molecule has 2 aromatic carbocycles. The van der Waals surface area contributed by atoms with E-state index >= 15 is 0 Å². The Kier molecular flexibility index (Phi) is 4.60. The largest absolute Gasteiger partial charge is 0.478 e. The Labute approximate surface area is 134 Å². The summed E-state index contributed by atoms with van der Waals surface area (Å²) in [6.45, 7) is 0. The molecule has 0 aliphatic heterocycles. The summed E-state index contributed by atoms with van der Waals surface area (Å²) in [7, 11) is 0. The number of carboxylic acids is 3. The van der Waals surface area contributed by atoms with E-state index < -0.39 is 40.8 Å². The second-order valence-electron chi connectivity index (χ2n) is 4.57. The molecule has 8 nitrogen and oxygen atoms in total. The molecular formula is C16H10O8. The molecule has 2 rings (SSSR count). The molecule has 0 aliphatic carbocycles. The number of ether oxygens (including phenoxy) is 1. The lowest BCUT2D eigenvalue weighted by Crippen LogP contribution is -2.15. The molecule has 0 atom stereocenters. The molecule has 0 spiro atoms. The number of benzene rings is 2. The van der Waals surface area contributed by atoms with Crippen LogP contribution in [-0.4, -0.2) is 39.2 Å². The van der Waals surface area contributed by atoms with Crippen LogP contribution >= 0.6 is 0 Å². The molecule has 0 unspecified atom stereocenters. The minimum absolute atomic E-state index is 0.161. The van der Waals surface area contributed by atoms with E-state index in [2.05, 4.69) is 0 Å². The van der Waals surface area contributed by atoms with Crippen LogP contribution in [-0.2, 0) is 0 Å². The van der Waals surface area contributed by atoms with E-state index in [9.17, 15) is 19.2 Å². The molecule has 0 amide bonds. The van der Waals surface area contributed by atoms with Gasteiger partial charge in [0.15, 0.2) is 5.75 Å². The number of carbonyl (C=O) groups excluding carboxylic acids is 1. The monoisotopic (exact) mass is 330 g/mol. The molecule has 8 heteroatoms. The average Bonchev–Trinajstić information content (AvgIpc) is 2.54. The number of carboxylic acid groups (broad SMARTS) is 3. The van der Waals surface area contributed by atoms with Crippen LogP contribution in [0.3, 0.4) is 0 Å². The standard InChI is InChI=1S/C16H10O8/c17-13(18)8-3-1-4-9(7-8)16(23)24-12-10(14(19)20)5-2-6-11(12)15(21)22/h1-7H,(H,17,18)(H,19,20)(H,21,22). The summed E-state index contributed by atoms with van der Waals surface area (Å²) in [4.78, 5) is 45.4. The molecule has 0 aromatic heterocycles. The number of para-hydroxylation sites is 1. The van der Waals surface area contributed by atoms with Crippen molar-refractivity contribution in [2.24, 2.45) is 0 Å². The van der Waals surface area contributed by atoms with E-state index in [1.54, 1.807) is 0 Å². The number of carbonyl (C=O) groups is 4. The lowest BCUT2D eigenvalue weighted by Gasteiger charge is -2.10. The van der Waals surface area contributed by atoms with E-state index in [-0.39, 0.29) is 11.1 Å². The first kappa shape index (κ1) is 16.7. The van der Waals surface area contributed by atoms with Crippen LogP contribution in [0.15, 0.2) is 42.5 Å². The maximum atomic E-state index is 12.1. The fourth-order valence-corrected chi connectivity index (χ4v) is 1.91. The van der Waals surface area contributed by atoms with Gasteiger partial charge in [0.25, 0.3) is 0 Å². The Morgan fingerprint density at radius 2 is 1.21 bits per heavy atom. The molecule has 0 saturated heterocycles. The van der Waals surface area contributed by atoms with Gasteiger partial charge in [0.1, 0.15) is 11.1 Å². The number of esters is 1. The average molecular weight is 330 g/mol. The van der Waals surface area contributed by atoms with Crippen LogP contribution in [0.4, 0.5) is 0 Å². The second kappa shape index (κ2) is 6.61. The zero-order valence-corrected chi connectivity index (χ0v) is 11.9. The predicted molar refractivity (Wildman–Crippen MR) is 78.7 cm³/mol. The first-order valence-electron chi connectivity index (χ1n) is 6.46. The molecule has 2 aromatic rings. The molecule has 0 aliphatic rings. The zero-order valence-electron chi connectivity index (χ0n) is 11.9. The third-order valence-electron chi connectivity index (χ3n) is 3.02. The number of hydrogen-bond acceptors (Lipinski definition) is 5. The third kappa shape index (κ3) is 3.38. The van der Waals surface area contributed by atoms with Gasteiger partial charge in [-0.1, -0.05) is 12.1 Å². The molecular weight excluding hydrogens is 320 g/mol. The SMILES string of the molecule is O=C(O)c1cccc(C(=O)Oc2c(C(=O)O)cccc2C(=O)O)c1. The van der Waals surface area contributed by atoms with Gasteiger partial charge in [0.2, 0.25) is 0 Å². The fourth-order valence-electron chi connectivity index (χ4n) is 1.91. The van der Waals surface area contributed by atoms with Gasteiger partial charge >= 0.3 is 23.9 Å². The van der Waals surface area contributed by atoms with Crippen molar-refractivity contribution < 1.29 is 39.2 Å². The molecule has 0 fully saturated rings. The minimum Gasteiger partial charge on any atom is -0.478 e. The minimum atomic E-state index is -1.47. The van der Waals surface area contributed by atoms with E-state index in [1.807, 2.05) is 0 Å². The molecule has 0 heterocycles. The Bertz CT molecular complexity index is 821. The topological polar surface area (TPSA) is 138 Å². The van der Waals surface area contributed by atoms with E-state index in [1.165, 1.54) is 24.3 Å². The van der Waals surface area contributed by atoms with Gasteiger partial charge in [-0.25, -0.2) is 19.2 Å². The Hall–Kier alpha value is -3.68. The van der Waals surface area contributed by atoms with Gasteiger partial charge in [-0.05, 0) is 30.3 Å². The van der Waals surface area contributed by atoms with E-state index in [0.717, 1.165) is 18.2 Å². The summed E-state index contributed by atoms with van der Waals surface area (Å²) in [5, 5.41) is 27.1. The Morgan fingerprint density at radius 1 is 0.708 bits per heavy atom. The van der Waals surface area contributed by atoms with Crippen molar-refractivity contribution >= 4 is 23.9 Å². The number of hydrogen-bond donors (Lipinski definition) is 3. The molecule has 24 heavy (non-hydrogen) atoms. The number of aromatic carboxylic acids is 3. The smallest absolute Gasteiger partial charge is 0.343 e. The first-order valence-corrected chi connectivity index (χ1v) is 6.46. The fraction of sp³-hybridized carbons (Fsp3) is 0. The molecule has 122 valence electrons. The van der Waals surface area contributed by atoms with Gasteiger partial charge in [-0.3, -0.25) is 0 Å². The highest BCUT2D eigenvalue weighted by Gasteiger charge is 2.23. The van der Waals surface area contributed by atoms with Crippen LogP contribution in [0.25, 0.3) is 0 Å². The van der Waals surface area contributed by atoms with Crippen molar-refractivity contribution in [3.8, 4) is 5.75 Å². The normalized spacial score (nSPS) is 10.0. The highest BCUT2D eigenvalue weighted by Crippen LogP contribution is 2.25. The van der Waals surface area contributed by atoms with Crippen LogP contribution in [0.2, 0.25) is 0 Å². The van der Waals surface area contributed by atoms with Crippen molar-refractivity contribution in [1.82, 2.24) is 0 Å². The van der Waals surface area contributed by atoms with Crippen LogP contribution in [0.1, 0.15) is 41.4 Å². The first-order chi connectivity index (χ1) is 11.3.